The number of halogens is 3. The van der Waals surface area contributed by atoms with Crippen molar-refractivity contribution in [2.75, 3.05) is 13.1 Å². The van der Waals surface area contributed by atoms with Crippen LogP contribution < -0.4 is 4.72 Å². The number of hydrogen-bond acceptors (Lipinski definition) is 8. The molecule has 3 heterocycles. The highest BCUT2D eigenvalue weighted by Crippen LogP contribution is 2.43. The van der Waals surface area contributed by atoms with Crippen LogP contribution in [0.5, 0.6) is 0 Å². The number of nitrogens with zero attached hydrogens (tertiary/aromatic N) is 3. The average Bonchev–Trinajstić information content (AvgIpc) is 3.47. The summed E-state index contributed by atoms with van der Waals surface area (Å²) in [7, 11) is -3.94. The molecular weight excluding hydrogens is 578 g/mol. The van der Waals surface area contributed by atoms with Gasteiger partial charge in [-0.05, 0) is 46.6 Å². The van der Waals surface area contributed by atoms with Gasteiger partial charge in [-0.1, -0.05) is 34.4 Å². The number of hydrogen-bond donors (Lipinski definition) is 2. The van der Waals surface area contributed by atoms with E-state index < -0.39 is 27.7 Å². The number of amides is 1. The minimum atomic E-state index is -3.94. The summed E-state index contributed by atoms with van der Waals surface area (Å²) in [6.07, 6.45) is -0.529. The van der Waals surface area contributed by atoms with Crippen LogP contribution in [-0.4, -0.2) is 59.8 Å². The zero-order valence-electron chi connectivity index (χ0n) is 21.1. The van der Waals surface area contributed by atoms with Gasteiger partial charge in [0.15, 0.2) is 5.76 Å². The fourth-order valence-electron chi connectivity index (χ4n) is 3.91. The highest BCUT2D eigenvalue weighted by Gasteiger charge is 2.32. The molecule has 1 aliphatic rings. The molecule has 0 aliphatic carbocycles. The number of aromatic nitrogens is 2. The monoisotopic (exact) mass is 604 g/mol. The van der Waals surface area contributed by atoms with E-state index in [4.69, 9.17) is 27.7 Å². The average molecular weight is 606 g/mol. The Kier molecular flexibility index (Phi) is 8.23. The van der Waals surface area contributed by atoms with Gasteiger partial charge in [0.05, 0.1) is 14.9 Å². The van der Waals surface area contributed by atoms with Gasteiger partial charge in [0.25, 0.3) is 5.91 Å². The molecule has 1 saturated heterocycles. The Bertz CT molecular complexity index is 1460. The third-order valence-corrected chi connectivity index (χ3v) is 9.65. The van der Waals surface area contributed by atoms with E-state index in [2.05, 4.69) is 14.9 Å². The number of sulfonamides is 1. The lowest BCUT2D eigenvalue weighted by molar-refractivity contribution is 0.0476. The van der Waals surface area contributed by atoms with Crippen LogP contribution in [0.25, 0.3) is 21.1 Å². The first-order valence-electron chi connectivity index (χ1n) is 11.8. The first kappa shape index (κ1) is 28.9. The molecule has 206 valence electrons. The molecule has 1 aromatic carbocycles. The van der Waals surface area contributed by atoms with Gasteiger partial charge in [0.1, 0.15) is 33.1 Å². The number of rotatable bonds is 7. The molecule has 14 heteroatoms. The maximum absolute atomic E-state index is 13.7. The Labute approximate surface area is 234 Å². The Hall–Kier alpha value is -2.09. The van der Waals surface area contributed by atoms with Crippen molar-refractivity contribution in [3.05, 3.63) is 39.7 Å². The molecule has 0 bridgehead atoms. The fraction of sp³-hybridized carbons (Fsp3) is 0.458. The number of alkyl halides is 1. The number of carbonyl (C=O) groups excluding carboxylic acids is 1. The van der Waals surface area contributed by atoms with Crippen molar-refractivity contribution in [2.45, 2.75) is 63.2 Å². The summed E-state index contributed by atoms with van der Waals surface area (Å²) in [5.41, 5.74) is -0.650. The molecule has 1 fully saturated rings. The van der Waals surface area contributed by atoms with Crippen molar-refractivity contribution in [3.63, 3.8) is 0 Å². The minimum absolute atomic E-state index is 0.0454. The third kappa shape index (κ3) is 5.90. The van der Waals surface area contributed by atoms with E-state index in [1.807, 2.05) is 0 Å². The smallest absolute Gasteiger partial charge is 0.274 e. The number of likely N-dealkylation sites (tertiary alicyclic amines) is 1. The number of aliphatic hydroxyl groups is 1. The lowest BCUT2D eigenvalue weighted by Gasteiger charge is -2.28. The summed E-state index contributed by atoms with van der Waals surface area (Å²) in [6, 6.07) is 3.94. The van der Waals surface area contributed by atoms with Crippen LogP contribution >= 0.6 is 34.5 Å². The molecule has 2 N–H and O–H groups in total. The van der Waals surface area contributed by atoms with Crippen LogP contribution in [0.1, 0.15) is 56.8 Å². The zero-order chi connectivity index (χ0) is 28.0. The number of benzene rings is 1. The van der Waals surface area contributed by atoms with Crippen LogP contribution in [0, 0.1) is 0 Å². The van der Waals surface area contributed by atoms with E-state index in [1.165, 1.54) is 23.1 Å². The van der Waals surface area contributed by atoms with Gasteiger partial charge in [-0.15, -0.1) is 11.3 Å². The van der Waals surface area contributed by atoms with Gasteiger partial charge in [0.2, 0.25) is 10.0 Å². The Morgan fingerprint density at radius 2 is 1.92 bits per heavy atom. The summed E-state index contributed by atoms with van der Waals surface area (Å²) in [6.45, 7) is 6.89. The summed E-state index contributed by atoms with van der Waals surface area (Å²) in [5.74, 6) is -0.221. The molecule has 38 heavy (non-hydrogen) atoms. The highest BCUT2D eigenvalue weighted by atomic mass is 35.5. The Morgan fingerprint density at radius 3 is 2.50 bits per heavy atom. The molecule has 0 unspecified atom stereocenters. The van der Waals surface area contributed by atoms with Crippen LogP contribution in [0.2, 0.25) is 10.0 Å². The molecule has 0 spiro atoms. The number of nitrogens with one attached hydrogen (secondary N) is 1. The van der Waals surface area contributed by atoms with Crippen LogP contribution in [-0.2, 0) is 15.6 Å². The molecule has 1 amide bonds. The molecule has 4 rings (SSSR count). The van der Waals surface area contributed by atoms with E-state index in [9.17, 15) is 22.7 Å². The van der Waals surface area contributed by atoms with Gasteiger partial charge in [-0.2, -0.15) is 0 Å². The van der Waals surface area contributed by atoms with Crippen LogP contribution in [0.15, 0.2) is 27.6 Å². The molecule has 0 saturated carbocycles. The number of carbonyl (C=O) groups is 1. The normalized spacial score (nSPS) is 15.4. The molecule has 0 atom stereocenters. The van der Waals surface area contributed by atoms with Gasteiger partial charge >= 0.3 is 0 Å². The third-order valence-electron chi connectivity index (χ3n) is 5.85. The van der Waals surface area contributed by atoms with E-state index >= 15 is 0 Å². The largest absolute Gasteiger partial charge is 0.382 e. The predicted octanol–water partition coefficient (Wildman–Crippen LogP) is 5.26. The van der Waals surface area contributed by atoms with Crippen molar-refractivity contribution < 1.29 is 27.2 Å². The van der Waals surface area contributed by atoms with Gasteiger partial charge in [0, 0.05) is 30.8 Å². The van der Waals surface area contributed by atoms with E-state index in [0.717, 1.165) is 11.3 Å². The van der Waals surface area contributed by atoms with Crippen molar-refractivity contribution >= 4 is 50.5 Å². The standard InChI is InChI=1S/C24H27Cl2FN4O5S2/c1-12(2)30-38(34,35)16-6-5-14(18(25)19(16)26)21-20(23(32)31-9-7-13(27)8-10-31)28-22(37-21)15-11-17(36-29-15)24(3,4)33/h5-6,11-13,30,33H,7-10H2,1-4H3. The van der Waals surface area contributed by atoms with E-state index in [0.29, 0.717) is 15.4 Å². The summed E-state index contributed by atoms with van der Waals surface area (Å²) in [4.78, 5) is 19.7. The van der Waals surface area contributed by atoms with Gasteiger partial charge in [-0.25, -0.2) is 22.5 Å². The maximum Gasteiger partial charge on any atom is 0.274 e. The fourth-order valence-corrected chi connectivity index (χ4v) is 7.13. The molecule has 3 aromatic rings. The second kappa shape index (κ2) is 10.8. The Balaban J connectivity index is 1.83. The second-order valence-electron chi connectivity index (χ2n) is 9.81. The van der Waals surface area contributed by atoms with Gasteiger partial charge in [-0.3, -0.25) is 4.79 Å². The molecule has 0 radical (unpaired) electrons. The summed E-state index contributed by atoms with van der Waals surface area (Å²) < 4.78 is 47.0. The number of piperidine rings is 1. The SMILES string of the molecule is CC(C)NS(=O)(=O)c1ccc(-c2sc(-c3cc(C(C)(C)O)on3)nc2C(=O)N2CCC(F)CC2)c(Cl)c1Cl. The molecule has 2 aromatic heterocycles. The molecular formula is C24H27Cl2FN4O5S2. The van der Waals surface area contributed by atoms with E-state index in [-0.39, 0.29) is 64.1 Å². The molecule has 1 aliphatic heterocycles. The van der Waals surface area contributed by atoms with Crippen LogP contribution in [0.4, 0.5) is 4.39 Å². The topological polar surface area (TPSA) is 126 Å². The van der Waals surface area contributed by atoms with Crippen molar-refractivity contribution in [3.8, 4) is 21.1 Å². The maximum atomic E-state index is 13.7. The van der Waals surface area contributed by atoms with E-state index in [1.54, 1.807) is 27.7 Å². The first-order chi connectivity index (χ1) is 17.7. The summed E-state index contributed by atoms with van der Waals surface area (Å²) in [5, 5.41) is 14.3. The van der Waals surface area contributed by atoms with Crippen molar-refractivity contribution in [1.29, 1.82) is 0 Å². The zero-order valence-corrected chi connectivity index (χ0v) is 24.2. The summed E-state index contributed by atoms with van der Waals surface area (Å²) >= 11 is 14.1. The second-order valence-corrected chi connectivity index (χ2v) is 13.3. The predicted molar refractivity (Wildman–Crippen MR) is 144 cm³/mol. The van der Waals surface area contributed by atoms with Crippen molar-refractivity contribution in [1.82, 2.24) is 19.8 Å². The van der Waals surface area contributed by atoms with Gasteiger partial charge < -0.3 is 14.5 Å². The lowest BCUT2D eigenvalue weighted by atomic mass is 10.1. The molecule has 9 nitrogen and oxygen atoms in total. The highest BCUT2D eigenvalue weighted by molar-refractivity contribution is 7.89. The Morgan fingerprint density at radius 1 is 1.26 bits per heavy atom. The van der Waals surface area contributed by atoms with Crippen molar-refractivity contribution in [2.24, 2.45) is 0 Å². The minimum Gasteiger partial charge on any atom is -0.382 e. The lowest BCUT2D eigenvalue weighted by Crippen LogP contribution is -2.39. The number of thiazole rings is 1. The quantitative estimate of drug-likeness (QED) is 0.376. The van der Waals surface area contributed by atoms with Crippen LogP contribution in [0.3, 0.4) is 0 Å². The first-order valence-corrected chi connectivity index (χ1v) is 14.9.